The summed E-state index contributed by atoms with van der Waals surface area (Å²) in [7, 11) is -2.10. The van der Waals surface area contributed by atoms with Gasteiger partial charge in [-0.05, 0) is 57.4 Å². The molecule has 0 spiro atoms. The Balaban J connectivity index is 2.09. The normalized spacial score (nSPS) is 12.6. The van der Waals surface area contributed by atoms with Crippen LogP contribution in [0.3, 0.4) is 0 Å². The minimum Gasteiger partial charge on any atom is -0.352 e. The van der Waals surface area contributed by atoms with Gasteiger partial charge in [-0.15, -0.1) is 0 Å². The third kappa shape index (κ3) is 7.40. The number of aryl methyl sites for hydroxylation is 1. The maximum atomic E-state index is 13.2. The second-order valence-electron chi connectivity index (χ2n) is 8.53. The zero-order valence-corrected chi connectivity index (χ0v) is 20.9. The maximum Gasteiger partial charge on any atom is 0.242 e. The molecule has 1 atom stereocenters. The van der Waals surface area contributed by atoms with E-state index in [2.05, 4.69) is 5.32 Å². The molecule has 2 amide bonds. The van der Waals surface area contributed by atoms with Crippen molar-refractivity contribution in [2.24, 2.45) is 0 Å². The predicted molar refractivity (Wildman–Crippen MR) is 130 cm³/mol. The fourth-order valence-corrected chi connectivity index (χ4v) is 4.68. The summed E-state index contributed by atoms with van der Waals surface area (Å²) in [4.78, 5) is 27.6. The summed E-state index contributed by atoms with van der Waals surface area (Å²) in [5.74, 6) is -0.397. The van der Waals surface area contributed by atoms with Gasteiger partial charge in [-0.2, -0.15) is 0 Å². The number of benzene rings is 2. The van der Waals surface area contributed by atoms with Crippen LogP contribution < -0.4 is 5.32 Å². The van der Waals surface area contributed by atoms with Gasteiger partial charge in [-0.25, -0.2) is 12.7 Å². The van der Waals surface area contributed by atoms with E-state index in [0.29, 0.717) is 13.0 Å². The van der Waals surface area contributed by atoms with Crippen LogP contribution >= 0.6 is 0 Å². The number of amides is 2. The smallest absolute Gasteiger partial charge is 0.242 e. The van der Waals surface area contributed by atoms with Gasteiger partial charge >= 0.3 is 0 Å². The Morgan fingerprint density at radius 3 is 2.18 bits per heavy atom. The monoisotopic (exact) mass is 473 g/mol. The molecule has 0 heterocycles. The van der Waals surface area contributed by atoms with Crippen molar-refractivity contribution in [1.29, 1.82) is 0 Å². The first kappa shape index (κ1) is 26.5. The lowest BCUT2D eigenvalue weighted by Crippen LogP contribution is -2.49. The molecule has 2 aromatic carbocycles. The minimum atomic E-state index is -3.61. The fourth-order valence-electron chi connectivity index (χ4n) is 3.45. The van der Waals surface area contributed by atoms with Crippen molar-refractivity contribution in [2.75, 3.05) is 13.6 Å². The Morgan fingerprint density at radius 2 is 1.58 bits per heavy atom. The number of nitrogens with zero attached hydrogens (tertiary/aromatic N) is 2. The van der Waals surface area contributed by atoms with Gasteiger partial charge in [-0.1, -0.05) is 42.5 Å². The summed E-state index contributed by atoms with van der Waals surface area (Å²) in [6.45, 7) is 7.96. The first-order valence-corrected chi connectivity index (χ1v) is 12.6. The van der Waals surface area contributed by atoms with Gasteiger partial charge in [0.15, 0.2) is 0 Å². The Hall–Kier alpha value is -2.71. The highest BCUT2D eigenvalue weighted by molar-refractivity contribution is 7.89. The molecule has 2 aromatic rings. The molecule has 0 aromatic heterocycles. The highest BCUT2D eigenvalue weighted by Crippen LogP contribution is 2.17. The van der Waals surface area contributed by atoms with Crippen molar-refractivity contribution < 1.29 is 18.0 Å². The Kier molecular flexibility index (Phi) is 9.61. The zero-order chi connectivity index (χ0) is 24.6. The number of rotatable bonds is 11. The van der Waals surface area contributed by atoms with Crippen LogP contribution in [0, 0.1) is 6.92 Å². The highest BCUT2D eigenvalue weighted by Gasteiger charge is 2.27. The molecule has 180 valence electrons. The summed E-state index contributed by atoms with van der Waals surface area (Å²) < 4.78 is 26.7. The molecule has 8 heteroatoms. The number of hydrogen-bond acceptors (Lipinski definition) is 4. The van der Waals surface area contributed by atoms with Gasteiger partial charge in [0.1, 0.15) is 6.04 Å². The first-order valence-electron chi connectivity index (χ1n) is 11.2. The molecule has 33 heavy (non-hydrogen) atoms. The third-order valence-electron chi connectivity index (χ3n) is 5.52. The lowest BCUT2D eigenvalue weighted by molar-refractivity contribution is -0.140. The van der Waals surface area contributed by atoms with Crippen molar-refractivity contribution in [3.05, 3.63) is 65.7 Å². The Labute approximate surface area is 197 Å². The van der Waals surface area contributed by atoms with Crippen molar-refractivity contribution in [1.82, 2.24) is 14.5 Å². The number of carbonyl (C=O) groups is 2. The molecule has 1 N–H and O–H groups in total. The van der Waals surface area contributed by atoms with Crippen LogP contribution in [0.4, 0.5) is 0 Å². The molecule has 0 saturated heterocycles. The van der Waals surface area contributed by atoms with E-state index in [0.717, 1.165) is 11.1 Å². The molecule has 0 unspecified atom stereocenters. The summed E-state index contributed by atoms with van der Waals surface area (Å²) >= 11 is 0. The van der Waals surface area contributed by atoms with E-state index in [1.54, 1.807) is 42.2 Å². The summed E-state index contributed by atoms with van der Waals surface area (Å²) in [5.41, 5.74) is 2.01. The van der Waals surface area contributed by atoms with Gasteiger partial charge in [0, 0.05) is 32.6 Å². The number of hydrogen-bond donors (Lipinski definition) is 1. The number of sulfonamides is 1. The Bertz CT molecular complexity index is 1040. The van der Waals surface area contributed by atoms with Crippen LogP contribution in [0.15, 0.2) is 59.5 Å². The van der Waals surface area contributed by atoms with E-state index in [9.17, 15) is 18.0 Å². The highest BCUT2D eigenvalue weighted by atomic mass is 32.2. The SMILES string of the molecule is Cc1ccccc1CN(C(=O)CCCN(C)S(=O)(=O)c1ccccc1)[C@@H](C)C(=O)NC(C)C. The molecular formula is C25H35N3O4S. The molecule has 7 nitrogen and oxygen atoms in total. The maximum absolute atomic E-state index is 13.2. The average molecular weight is 474 g/mol. The standard InChI is InChI=1S/C25H35N3O4S/c1-19(2)26-25(30)21(4)28(18-22-13-10-9-12-20(22)3)24(29)16-11-17-27(5)33(31,32)23-14-7-6-8-15-23/h6-10,12-15,19,21H,11,16-18H2,1-5H3,(H,26,30)/t21-/m0/s1. The summed E-state index contributed by atoms with van der Waals surface area (Å²) in [6.07, 6.45) is 0.490. The van der Waals surface area contributed by atoms with Crippen LogP contribution in [-0.2, 0) is 26.2 Å². The van der Waals surface area contributed by atoms with Crippen molar-refractivity contribution in [2.45, 2.75) is 64.1 Å². The molecular weight excluding hydrogens is 438 g/mol. The van der Waals surface area contributed by atoms with E-state index in [1.807, 2.05) is 45.0 Å². The molecule has 0 fully saturated rings. The van der Waals surface area contributed by atoms with Gasteiger partial charge in [-0.3, -0.25) is 9.59 Å². The molecule has 0 aliphatic rings. The fraction of sp³-hybridized carbons (Fsp3) is 0.440. The van der Waals surface area contributed by atoms with Gasteiger partial charge in [0.05, 0.1) is 4.90 Å². The molecule has 0 aliphatic carbocycles. The quantitative estimate of drug-likeness (QED) is 0.542. The molecule has 0 radical (unpaired) electrons. The second kappa shape index (κ2) is 12.0. The Morgan fingerprint density at radius 1 is 0.970 bits per heavy atom. The van der Waals surface area contributed by atoms with Gasteiger partial charge in [0.25, 0.3) is 0 Å². The topological polar surface area (TPSA) is 86.8 Å². The second-order valence-corrected chi connectivity index (χ2v) is 10.6. The molecule has 2 rings (SSSR count). The van der Waals surface area contributed by atoms with E-state index in [1.165, 1.54) is 11.4 Å². The molecule has 0 aliphatic heterocycles. The van der Waals surface area contributed by atoms with E-state index in [4.69, 9.17) is 0 Å². The van der Waals surface area contributed by atoms with E-state index in [-0.39, 0.29) is 35.7 Å². The van der Waals surface area contributed by atoms with Crippen molar-refractivity contribution in [3.63, 3.8) is 0 Å². The lowest BCUT2D eigenvalue weighted by Gasteiger charge is -2.30. The zero-order valence-electron chi connectivity index (χ0n) is 20.1. The largest absolute Gasteiger partial charge is 0.352 e. The van der Waals surface area contributed by atoms with E-state index < -0.39 is 16.1 Å². The number of carbonyl (C=O) groups excluding carboxylic acids is 2. The van der Waals surface area contributed by atoms with Crippen LogP contribution in [0.5, 0.6) is 0 Å². The minimum absolute atomic E-state index is 0.0350. The van der Waals surface area contributed by atoms with Gasteiger partial charge in [0.2, 0.25) is 21.8 Å². The lowest BCUT2D eigenvalue weighted by atomic mass is 10.1. The molecule has 0 bridgehead atoms. The van der Waals surface area contributed by atoms with Gasteiger partial charge < -0.3 is 10.2 Å². The number of nitrogens with one attached hydrogen (secondary N) is 1. The van der Waals surface area contributed by atoms with Crippen molar-refractivity contribution in [3.8, 4) is 0 Å². The van der Waals surface area contributed by atoms with Crippen LogP contribution in [0.1, 0.15) is 44.7 Å². The first-order chi connectivity index (χ1) is 15.5. The predicted octanol–water partition coefficient (Wildman–Crippen LogP) is 3.34. The van der Waals surface area contributed by atoms with E-state index >= 15 is 0 Å². The summed E-state index contributed by atoms with van der Waals surface area (Å²) in [6, 6.07) is 15.3. The van der Waals surface area contributed by atoms with Crippen LogP contribution in [0.25, 0.3) is 0 Å². The average Bonchev–Trinajstić information content (AvgIpc) is 2.78. The van der Waals surface area contributed by atoms with Crippen LogP contribution in [0.2, 0.25) is 0 Å². The molecule has 0 saturated carbocycles. The van der Waals surface area contributed by atoms with Crippen molar-refractivity contribution >= 4 is 21.8 Å². The van der Waals surface area contributed by atoms with Crippen LogP contribution in [-0.4, -0.2) is 55.1 Å². The summed E-state index contributed by atoms with van der Waals surface area (Å²) in [5, 5.41) is 2.87. The third-order valence-corrected chi connectivity index (χ3v) is 7.39.